The fourth-order valence-electron chi connectivity index (χ4n) is 1.72. The maximum atomic E-state index is 11.5. The summed E-state index contributed by atoms with van der Waals surface area (Å²) in [5.74, 6) is -1.76. The number of carboxylic acids is 1. The monoisotopic (exact) mass is 252 g/mol. The Bertz CT molecular complexity index is 465. The van der Waals surface area contributed by atoms with E-state index in [9.17, 15) is 9.59 Å². The van der Waals surface area contributed by atoms with E-state index in [0.29, 0.717) is 5.75 Å². The van der Waals surface area contributed by atoms with Gasteiger partial charge in [0.05, 0.1) is 19.8 Å². The third-order valence-electron chi connectivity index (χ3n) is 2.56. The maximum absolute atomic E-state index is 11.5. The summed E-state index contributed by atoms with van der Waals surface area (Å²) in [7, 11) is 2.88. The molecule has 0 amide bonds. The second-order valence-corrected chi connectivity index (χ2v) is 3.75. The van der Waals surface area contributed by atoms with Gasteiger partial charge in [-0.25, -0.2) is 4.79 Å². The Hall–Kier alpha value is -2.04. The number of methoxy groups -OCH3 is 2. The van der Waals surface area contributed by atoms with Crippen molar-refractivity contribution in [3.05, 3.63) is 23.3 Å². The molecule has 0 saturated carbocycles. The van der Waals surface area contributed by atoms with E-state index < -0.39 is 11.8 Å². The molecule has 0 spiro atoms. The van der Waals surface area contributed by atoms with Gasteiger partial charge in [-0.2, -0.15) is 0 Å². The molecule has 18 heavy (non-hydrogen) atoms. The van der Waals surface area contributed by atoms with Gasteiger partial charge in [-0.3, -0.25) is 4.79 Å². The van der Waals surface area contributed by atoms with E-state index in [1.807, 2.05) is 6.92 Å². The zero-order chi connectivity index (χ0) is 13.7. The van der Waals surface area contributed by atoms with Gasteiger partial charge in [0.1, 0.15) is 11.5 Å². The minimum atomic E-state index is -1.52. The number of rotatable bonds is 6. The molecule has 5 nitrogen and oxygen atoms in total. The molecule has 98 valence electrons. The third kappa shape index (κ3) is 2.80. The second-order valence-electron chi connectivity index (χ2n) is 3.75. The average molecular weight is 252 g/mol. The van der Waals surface area contributed by atoms with E-state index >= 15 is 0 Å². The summed E-state index contributed by atoms with van der Waals surface area (Å²) < 4.78 is 10.2. The lowest BCUT2D eigenvalue weighted by atomic mass is 10.0. The van der Waals surface area contributed by atoms with Gasteiger partial charge < -0.3 is 14.6 Å². The Balaban J connectivity index is 3.34. The van der Waals surface area contributed by atoms with E-state index in [1.54, 1.807) is 6.07 Å². The normalized spacial score (nSPS) is 9.94. The van der Waals surface area contributed by atoms with Gasteiger partial charge in [0.15, 0.2) is 0 Å². The third-order valence-corrected chi connectivity index (χ3v) is 2.56. The number of ether oxygens (including phenoxy) is 2. The average Bonchev–Trinajstić information content (AvgIpc) is 2.37. The van der Waals surface area contributed by atoms with Crippen LogP contribution in [0.5, 0.6) is 11.5 Å². The van der Waals surface area contributed by atoms with Crippen molar-refractivity contribution in [3.63, 3.8) is 0 Å². The summed E-state index contributed by atoms with van der Waals surface area (Å²) in [4.78, 5) is 22.3. The molecular weight excluding hydrogens is 236 g/mol. The highest BCUT2D eigenvalue weighted by molar-refractivity contribution is 6.40. The maximum Gasteiger partial charge on any atom is 0.377 e. The van der Waals surface area contributed by atoms with Crippen LogP contribution in [0.1, 0.15) is 29.3 Å². The number of carbonyl (C=O) groups excluding carboxylic acids is 1. The summed E-state index contributed by atoms with van der Waals surface area (Å²) in [6, 6.07) is 3.07. The van der Waals surface area contributed by atoms with Gasteiger partial charge in [0, 0.05) is 0 Å². The lowest BCUT2D eigenvalue weighted by Crippen LogP contribution is -2.14. The van der Waals surface area contributed by atoms with Gasteiger partial charge in [0.2, 0.25) is 0 Å². The molecule has 5 heteroatoms. The zero-order valence-corrected chi connectivity index (χ0v) is 10.6. The van der Waals surface area contributed by atoms with Crippen LogP contribution in [0.4, 0.5) is 0 Å². The summed E-state index contributed by atoms with van der Waals surface area (Å²) in [5, 5.41) is 8.75. The number of hydrogen-bond acceptors (Lipinski definition) is 4. The van der Waals surface area contributed by atoms with Crippen LogP contribution in [0.25, 0.3) is 0 Å². The van der Waals surface area contributed by atoms with Crippen molar-refractivity contribution in [1.29, 1.82) is 0 Å². The fraction of sp³-hybridized carbons (Fsp3) is 0.385. The Labute approximate surface area is 105 Å². The lowest BCUT2D eigenvalue weighted by molar-refractivity contribution is -0.131. The number of aryl methyl sites for hydroxylation is 1. The molecular formula is C13H16O5. The molecule has 0 aliphatic carbocycles. The molecule has 0 aliphatic rings. The minimum absolute atomic E-state index is 0.00158. The van der Waals surface area contributed by atoms with Crippen molar-refractivity contribution in [2.45, 2.75) is 19.8 Å². The van der Waals surface area contributed by atoms with E-state index in [-0.39, 0.29) is 11.3 Å². The first-order chi connectivity index (χ1) is 8.54. The van der Waals surface area contributed by atoms with Crippen LogP contribution in [0.15, 0.2) is 12.1 Å². The molecule has 0 heterocycles. The van der Waals surface area contributed by atoms with Crippen molar-refractivity contribution in [1.82, 2.24) is 0 Å². The predicted molar refractivity (Wildman–Crippen MR) is 65.5 cm³/mol. The zero-order valence-electron chi connectivity index (χ0n) is 10.6. The molecule has 0 aromatic heterocycles. The summed E-state index contributed by atoms with van der Waals surface area (Å²) in [6.45, 7) is 2.02. The van der Waals surface area contributed by atoms with Crippen LogP contribution in [0.3, 0.4) is 0 Å². The lowest BCUT2D eigenvalue weighted by Gasteiger charge is -2.13. The van der Waals surface area contributed by atoms with Crippen molar-refractivity contribution >= 4 is 11.8 Å². The SMILES string of the molecule is CCCc1cc(OC)c(C(=O)C(=O)O)cc1OC. The molecule has 1 aromatic carbocycles. The number of Topliss-reactive ketones (excluding diaryl/α,β-unsaturated/α-hetero) is 1. The van der Waals surface area contributed by atoms with E-state index in [4.69, 9.17) is 14.6 Å². The van der Waals surface area contributed by atoms with Crippen molar-refractivity contribution in [2.24, 2.45) is 0 Å². The fourth-order valence-corrected chi connectivity index (χ4v) is 1.72. The van der Waals surface area contributed by atoms with Crippen LogP contribution in [0, 0.1) is 0 Å². The summed E-state index contributed by atoms with van der Waals surface area (Å²) in [6.07, 6.45) is 1.67. The Morgan fingerprint density at radius 3 is 2.22 bits per heavy atom. The van der Waals surface area contributed by atoms with Crippen LogP contribution >= 0.6 is 0 Å². The van der Waals surface area contributed by atoms with E-state index in [0.717, 1.165) is 18.4 Å². The highest BCUT2D eigenvalue weighted by Gasteiger charge is 2.21. The first-order valence-electron chi connectivity index (χ1n) is 5.57. The molecule has 0 aliphatic heterocycles. The molecule has 0 saturated heterocycles. The van der Waals surface area contributed by atoms with Crippen LogP contribution < -0.4 is 9.47 Å². The Morgan fingerprint density at radius 1 is 1.17 bits per heavy atom. The van der Waals surface area contributed by atoms with Crippen molar-refractivity contribution in [3.8, 4) is 11.5 Å². The molecule has 1 rings (SSSR count). The van der Waals surface area contributed by atoms with Gasteiger partial charge in [-0.1, -0.05) is 13.3 Å². The van der Waals surface area contributed by atoms with E-state index in [2.05, 4.69) is 0 Å². The number of hydrogen-bond donors (Lipinski definition) is 1. The van der Waals surface area contributed by atoms with Gasteiger partial charge in [0.25, 0.3) is 5.78 Å². The summed E-state index contributed by atoms with van der Waals surface area (Å²) in [5.41, 5.74) is 0.889. The second kappa shape index (κ2) is 6.05. The number of carboxylic acid groups (broad SMARTS) is 1. The van der Waals surface area contributed by atoms with Crippen LogP contribution in [-0.4, -0.2) is 31.1 Å². The molecule has 0 unspecified atom stereocenters. The standard InChI is InChI=1S/C13H16O5/c1-4-5-8-6-11(18-3)9(7-10(8)17-2)12(14)13(15)16/h6-7H,4-5H2,1-3H3,(H,15,16). The smallest absolute Gasteiger partial charge is 0.377 e. The molecule has 0 atom stereocenters. The first kappa shape index (κ1) is 14.0. The Kier molecular flexibility index (Phi) is 4.71. The molecule has 0 fully saturated rings. The highest BCUT2D eigenvalue weighted by atomic mass is 16.5. The molecule has 0 radical (unpaired) electrons. The van der Waals surface area contributed by atoms with Crippen molar-refractivity contribution < 1.29 is 24.2 Å². The van der Waals surface area contributed by atoms with Crippen molar-refractivity contribution in [2.75, 3.05) is 14.2 Å². The first-order valence-corrected chi connectivity index (χ1v) is 5.57. The number of aliphatic carboxylic acids is 1. The molecule has 1 N–H and O–H groups in total. The number of ketones is 1. The minimum Gasteiger partial charge on any atom is -0.496 e. The van der Waals surface area contributed by atoms with Crippen LogP contribution in [-0.2, 0) is 11.2 Å². The highest BCUT2D eigenvalue weighted by Crippen LogP contribution is 2.30. The quantitative estimate of drug-likeness (QED) is 0.618. The van der Waals surface area contributed by atoms with Gasteiger partial charge >= 0.3 is 5.97 Å². The van der Waals surface area contributed by atoms with Crippen LogP contribution in [0.2, 0.25) is 0 Å². The summed E-state index contributed by atoms with van der Waals surface area (Å²) >= 11 is 0. The Morgan fingerprint density at radius 2 is 1.78 bits per heavy atom. The van der Waals surface area contributed by atoms with Gasteiger partial charge in [-0.05, 0) is 24.1 Å². The molecule has 0 bridgehead atoms. The topological polar surface area (TPSA) is 72.8 Å². The largest absolute Gasteiger partial charge is 0.496 e. The number of carbonyl (C=O) groups is 2. The van der Waals surface area contributed by atoms with Gasteiger partial charge in [-0.15, -0.1) is 0 Å². The number of benzene rings is 1. The predicted octanol–water partition coefficient (Wildman–Crippen LogP) is 1.92. The molecule has 1 aromatic rings. The van der Waals surface area contributed by atoms with E-state index in [1.165, 1.54) is 20.3 Å².